The summed E-state index contributed by atoms with van der Waals surface area (Å²) < 4.78 is 23.1. The standard InChI is InChI=1S/C12H13FO4/c1-4-17-12(15)11(14)8-5-7(2)6-9(16-3)10(8)13/h5-6H,4H2,1-3H3. The summed E-state index contributed by atoms with van der Waals surface area (Å²) in [6.07, 6.45) is 0. The summed E-state index contributed by atoms with van der Waals surface area (Å²) in [7, 11) is 1.29. The van der Waals surface area contributed by atoms with Gasteiger partial charge in [0.1, 0.15) is 0 Å². The quantitative estimate of drug-likeness (QED) is 0.458. The van der Waals surface area contributed by atoms with Crippen LogP contribution in [0.2, 0.25) is 0 Å². The van der Waals surface area contributed by atoms with E-state index >= 15 is 0 Å². The predicted octanol–water partition coefficient (Wildman–Crippen LogP) is 1.89. The van der Waals surface area contributed by atoms with E-state index in [-0.39, 0.29) is 17.9 Å². The van der Waals surface area contributed by atoms with E-state index in [0.29, 0.717) is 5.56 Å². The molecule has 0 N–H and O–H groups in total. The van der Waals surface area contributed by atoms with Gasteiger partial charge < -0.3 is 9.47 Å². The van der Waals surface area contributed by atoms with Crippen molar-refractivity contribution in [3.05, 3.63) is 29.1 Å². The van der Waals surface area contributed by atoms with Gasteiger partial charge in [-0.05, 0) is 31.5 Å². The first kappa shape index (κ1) is 13.2. The van der Waals surface area contributed by atoms with Crippen LogP contribution in [0.15, 0.2) is 12.1 Å². The van der Waals surface area contributed by atoms with Gasteiger partial charge in [0.2, 0.25) is 0 Å². The largest absolute Gasteiger partial charge is 0.494 e. The van der Waals surface area contributed by atoms with Crippen LogP contribution in [0, 0.1) is 12.7 Å². The zero-order valence-electron chi connectivity index (χ0n) is 9.87. The molecule has 5 heteroatoms. The Hall–Kier alpha value is -1.91. The first-order valence-corrected chi connectivity index (χ1v) is 5.06. The summed E-state index contributed by atoms with van der Waals surface area (Å²) in [5.74, 6) is -3.00. The first-order chi connectivity index (χ1) is 8.01. The van der Waals surface area contributed by atoms with Crippen LogP contribution < -0.4 is 4.74 Å². The number of methoxy groups -OCH3 is 1. The third-order valence-electron chi connectivity index (χ3n) is 2.11. The van der Waals surface area contributed by atoms with Crippen molar-refractivity contribution < 1.29 is 23.5 Å². The molecule has 0 spiro atoms. The van der Waals surface area contributed by atoms with E-state index in [1.807, 2.05) is 0 Å². The Morgan fingerprint density at radius 1 is 1.35 bits per heavy atom. The molecule has 0 radical (unpaired) electrons. The average Bonchev–Trinajstić information content (AvgIpc) is 2.31. The SMILES string of the molecule is CCOC(=O)C(=O)c1cc(C)cc(OC)c1F. The Morgan fingerprint density at radius 2 is 2.00 bits per heavy atom. The number of hydrogen-bond donors (Lipinski definition) is 0. The summed E-state index contributed by atoms with van der Waals surface area (Å²) in [5, 5.41) is 0. The Bertz CT molecular complexity index is 454. The highest BCUT2D eigenvalue weighted by atomic mass is 19.1. The second-order valence-electron chi connectivity index (χ2n) is 3.38. The number of carbonyl (C=O) groups is 2. The molecule has 0 atom stereocenters. The van der Waals surface area contributed by atoms with Crippen molar-refractivity contribution in [3.8, 4) is 5.75 Å². The van der Waals surface area contributed by atoms with Gasteiger partial charge in [0.15, 0.2) is 11.6 Å². The number of halogens is 1. The molecule has 0 saturated heterocycles. The molecular formula is C12H13FO4. The number of ether oxygens (including phenoxy) is 2. The number of rotatable bonds is 4. The summed E-state index contributed by atoms with van der Waals surface area (Å²) in [4.78, 5) is 22.8. The summed E-state index contributed by atoms with van der Waals surface area (Å²) in [6, 6.07) is 2.73. The minimum Gasteiger partial charge on any atom is -0.494 e. The van der Waals surface area contributed by atoms with Gasteiger partial charge in [-0.2, -0.15) is 0 Å². The highest BCUT2D eigenvalue weighted by Crippen LogP contribution is 2.23. The molecule has 92 valence electrons. The lowest BCUT2D eigenvalue weighted by Gasteiger charge is -2.08. The predicted molar refractivity (Wildman–Crippen MR) is 58.7 cm³/mol. The molecule has 1 rings (SSSR count). The molecule has 0 heterocycles. The zero-order chi connectivity index (χ0) is 13.0. The number of carbonyl (C=O) groups excluding carboxylic acids is 2. The van der Waals surface area contributed by atoms with Gasteiger partial charge >= 0.3 is 5.97 Å². The molecule has 0 saturated carbocycles. The fourth-order valence-electron chi connectivity index (χ4n) is 1.36. The highest BCUT2D eigenvalue weighted by molar-refractivity contribution is 6.40. The Balaban J connectivity index is 3.17. The molecule has 1 aromatic carbocycles. The lowest BCUT2D eigenvalue weighted by molar-refractivity contribution is -0.137. The van der Waals surface area contributed by atoms with Crippen LogP contribution in [0.1, 0.15) is 22.8 Å². The maximum atomic E-state index is 13.8. The molecule has 0 bridgehead atoms. The van der Waals surface area contributed by atoms with Gasteiger partial charge in [0.05, 0.1) is 19.3 Å². The monoisotopic (exact) mass is 240 g/mol. The molecule has 0 fully saturated rings. The molecule has 0 unspecified atom stereocenters. The summed E-state index contributed by atoms with van der Waals surface area (Å²) >= 11 is 0. The lowest BCUT2D eigenvalue weighted by atomic mass is 10.1. The number of esters is 1. The molecule has 0 aliphatic carbocycles. The molecule has 17 heavy (non-hydrogen) atoms. The molecular weight excluding hydrogens is 227 g/mol. The Morgan fingerprint density at radius 3 is 2.53 bits per heavy atom. The molecule has 0 aliphatic rings. The van der Waals surface area contributed by atoms with Crippen molar-refractivity contribution in [2.45, 2.75) is 13.8 Å². The van der Waals surface area contributed by atoms with Crippen molar-refractivity contribution in [2.75, 3.05) is 13.7 Å². The maximum absolute atomic E-state index is 13.8. The van der Waals surface area contributed by atoms with Gasteiger partial charge in [-0.25, -0.2) is 9.18 Å². The Kier molecular flexibility index (Phi) is 4.20. The fourth-order valence-corrected chi connectivity index (χ4v) is 1.36. The molecule has 0 aliphatic heterocycles. The maximum Gasteiger partial charge on any atom is 0.379 e. The normalized spacial score (nSPS) is 9.88. The van der Waals surface area contributed by atoms with Crippen molar-refractivity contribution in [2.24, 2.45) is 0 Å². The molecule has 0 aromatic heterocycles. The van der Waals surface area contributed by atoms with Crippen LogP contribution >= 0.6 is 0 Å². The van der Waals surface area contributed by atoms with E-state index in [4.69, 9.17) is 4.74 Å². The van der Waals surface area contributed by atoms with E-state index < -0.39 is 17.6 Å². The number of ketones is 1. The molecule has 4 nitrogen and oxygen atoms in total. The number of hydrogen-bond acceptors (Lipinski definition) is 4. The van der Waals surface area contributed by atoms with Crippen LogP contribution in [0.4, 0.5) is 4.39 Å². The topological polar surface area (TPSA) is 52.6 Å². The van der Waals surface area contributed by atoms with E-state index in [1.54, 1.807) is 13.8 Å². The van der Waals surface area contributed by atoms with Crippen LogP contribution in [0.5, 0.6) is 5.75 Å². The van der Waals surface area contributed by atoms with Gasteiger partial charge in [0.25, 0.3) is 5.78 Å². The second-order valence-corrected chi connectivity index (χ2v) is 3.38. The molecule has 0 amide bonds. The third-order valence-corrected chi connectivity index (χ3v) is 2.11. The minimum absolute atomic E-state index is 0.0646. The summed E-state index contributed by atoms with van der Waals surface area (Å²) in [6.45, 7) is 3.30. The second kappa shape index (κ2) is 5.43. The van der Waals surface area contributed by atoms with Crippen molar-refractivity contribution >= 4 is 11.8 Å². The van der Waals surface area contributed by atoms with Crippen LogP contribution in [-0.2, 0) is 9.53 Å². The van der Waals surface area contributed by atoms with E-state index in [1.165, 1.54) is 19.2 Å². The first-order valence-electron chi connectivity index (χ1n) is 5.06. The summed E-state index contributed by atoms with van der Waals surface area (Å²) in [5.41, 5.74) is 0.288. The van der Waals surface area contributed by atoms with Gasteiger partial charge in [-0.1, -0.05) is 0 Å². The van der Waals surface area contributed by atoms with Gasteiger partial charge in [0, 0.05) is 0 Å². The molecule has 1 aromatic rings. The van der Waals surface area contributed by atoms with Crippen molar-refractivity contribution in [1.82, 2.24) is 0 Å². The number of Topliss-reactive ketones (excluding diaryl/α,β-unsaturated/α-hetero) is 1. The third kappa shape index (κ3) is 2.81. The van der Waals surface area contributed by atoms with Crippen LogP contribution in [0.3, 0.4) is 0 Å². The number of benzene rings is 1. The smallest absolute Gasteiger partial charge is 0.379 e. The van der Waals surface area contributed by atoms with E-state index in [2.05, 4.69) is 4.74 Å². The van der Waals surface area contributed by atoms with Crippen LogP contribution in [0.25, 0.3) is 0 Å². The minimum atomic E-state index is -1.07. The Labute approximate surface area is 98.3 Å². The zero-order valence-corrected chi connectivity index (χ0v) is 9.87. The lowest BCUT2D eigenvalue weighted by Crippen LogP contribution is -2.19. The average molecular weight is 240 g/mol. The van der Waals surface area contributed by atoms with Gasteiger partial charge in [-0.3, -0.25) is 4.79 Å². The van der Waals surface area contributed by atoms with Crippen LogP contribution in [-0.4, -0.2) is 25.5 Å². The number of aryl methyl sites for hydroxylation is 1. The van der Waals surface area contributed by atoms with Crippen molar-refractivity contribution in [1.29, 1.82) is 0 Å². The van der Waals surface area contributed by atoms with Gasteiger partial charge in [-0.15, -0.1) is 0 Å². The fraction of sp³-hybridized carbons (Fsp3) is 0.333. The van der Waals surface area contributed by atoms with Crippen molar-refractivity contribution in [3.63, 3.8) is 0 Å². The highest BCUT2D eigenvalue weighted by Gasteiger charge is 2.23. The van der Waals surface area contributed by atoms with E-state index in [0.717, 1.165) is 0 Å². The van der Waals surface area contributed by atoms with E-state index in [9.17, 15) is 14.0 Å².